The van der Waals surface area contributed by atoms with Crippen molar-refractivity contribution in [3.8, 4) is 0 Å². The maximum absolute atomic E-state index is 7.08. The molecule has 0 N–H and O–H groups in total. The number of fused-ring (bicyclic) bond motifs is 4. The molecule has 7 heterocycles. The number of hydrogen-bond acceptors (Lipinski definition) is 15. The Balaban J connectivity index is 1.53. The Morgan fingerprint density at radius 2 is 1.05 bits per heavy atom. The Bertz CT molecular complexity index is 1030. The minimum Gasteiger partial charge on any atom is -0.418 e. The summed E-state index contributed by atoms with van der Waals surface area (Å²) in [4.78, 5) is 0. The van der Waals surface area contributed by atoms with E-state index in [4.69, 9.17) is 62.3 Å². The summed E-state index contributed by atoms with van der Waals surface area (Å²) in [5, 5.41) is -1.73. The Kier molecular flexibility index (Phi) is 5.99. The zero-order valence-electron chi connectivity index (χ0n) is 22.0. The van der Waals surface area contributed by atoms with Crippen molar-refractivity contribution in [2.24, 2.45) is 0 Å². The van der Waals surface area contributed by atoms with E-state index in [0.717, 1.165) is 0 Å². The van der Waals surface area contributed by atoms with Crippen LogP contribution in [-0.4, -0.2) is 109 Å². The molecule has 7 rings (SSSR count). The maximum Gasteiger partial charge on any atom is 0.654 e. The van der Waals surface area contributed by atoms with Gasteiger partial charge < -0.3 is 62.3 Å². The van der Waals surface area contributed by atoms with Gasteiger partial charge in [-0.2, -0.15) is 0 Å². The van der Waals surface area contributed by atoms with Gasteiger partial charge >= 0.3 is 70.7 Å². The Morgan fingerprint density at radius 3 is 1.73 bits per heavy atom. The Hall–Kier alpha value is 1.79. The summed E-state index contributed by atoms with van der Waals surface area (Å²) in [6.07, 6.45) is 0. The van der Waals surface area contributed by atoms with E-state index in [1.165, 1.54) is 0 Å². The molecule has 2 spiro atoms. The Labute approximate surface area is 228 Å². The smallest absolute Gasteiger partial charge is 0.418 e. The average molecular weight is 713 g/mol. The highest BCUT2D eigenvalue weighted by atomic mass is 28.6. The minimum absolute atomic E-state index is 0.763. The molecule has 26 heteroatoms. The molecular weight excluding hydrogens is 681 g/mol. The highest BCUT2D eigenvalue weighted by molar-refractivity contribution is 7.12. The summed E-state index contributed by atoms with van der Waals surface area (Å²) in [7, 11) is -35.7. The SMILES string of the molecule is C[SiH](C)O[Si]12OC3[Si]4(O1)O[Si]1(O[SiH](C)C)O[Si]5(C)OC6[Si](C)(O4)O[Si@@](C)(O2)O[Si@@]6(O5)O[Si@]3(O[SiH](C)C)O1. The lowest BCUT2D eigenvalue weighted by atomic mass is 11.6. The average Bonchev–Trinajstić information content (AvgIpc) is 3.10. The van der Waals surface area contributed by atoms with Crippen molar-refractivity contribution in [2.45, 2.75) is 69.6 Å². The first kappa shape index (κ1) is 27.6. The lowest BCUT2D eigenvalue weighted by Crippen LogP contribution is -2.91. The predicted octanol–water partition coefficient (Wildman–Crippen LogP) is -0.928. The normalized spacial score (nSPS) is 59.0. The Morgan fingerprint density at radius 1 is 0.486 bits per heavy atom. The first-order valence-corrected chi connectivity index (χ1v) is 36.3. The molecule has 0 aromatic rings. The fourth-order valence-electron chi connectivity index (χ4n) is 5.69. The van der Waals surface area contributed by atoms with Gasteiger partial charge in [-0.15, -0.1) is 0 Å². The van der Waals surface area contributed by atoms with Gasteiger partial charge in [0.05, 0.1) is 0 Å². The van der Waals surface area contributed by atoms with Crippen LogP contribution in [-0.2, 0) is 62.3 Å². The first-order valence-electron chi connectivity index (χ1n) is 12.4. The molecule has 0 amide bonds. The van der Waals surface area contributed by atoms with Gasteiger partial charge in [0.2, 0.25) is 0 Å². The van der Waals surface area contributed by atoms with E-state index in [-0.39, 0.29) is 0 Å². The van der Waals surface area contributed by atoms with Gasteiger partial charge in [-0.25, -0.2) is 0 Å². The van der Waals surface area contributed by atoms with Gasteiger partial charge in [0.15, 0.2) is 37.8 Å². The van der Waals surface area contributed by atoms with Crippen molar-refractivity contribution >= 4 is 97.8 Å². The fourth-order valence-corrected chi connectivity index (χ4v) is 66.2. The van der Waals surface area contributed by atoms with Crippen LogP contribution in [0.3, 0.4) is 0 Å². The largest absolute Gasteiger partial charge is 0.654 e. The zero-order chi connectivity index (χ0) is 26.5. The zero-order valence-corrected chi connectivity index (χ0v) is 33.5. The second kappa shape index (κ2) is 8.03. The van der Waals surface area contributed by atoms with E-state index >= 15 is 0 Å². The van der Waals surface area contributed by atoms with E-state index < -0.39 is 109 Å². The summed E-state index contributed by atoms with van der Waals surface area (Å²) >= 11 is 0. The maximum atomic E-state index is 7.08. The molecule has 8 bridgehead atoms. The van der Waals surface area contributed by atoms with E-state index in [2.05, 4.69) is 0 Å². The molecule has 7 aliphatic rings. The topological polar surface area (TPSA) is 138 Å². The third-order valence-corrected chi connectivity index (χ3v) is 50.6. The quantitative estimate of drug-likeness (QED) is 0.314. The van der Waals surface area contributed by atoms with Crippen molar-refractivity contribution in [1.29, 1.82) is 0 Å². The summed E-state index contributed by atoms with van der Waals surface area (Å²) < 4.78 is 101. The van der Waals surface area contributed by atoms with Crippen molar-refractivity contribution in [3.63, 3.8) is 0 Å². The second-order valence-corrected chi connectivity index (χ2v) is 43.2. The molecular formula is C11H32O15Si11. The molecule has 0 radical (unpaired) electrons. The minimum atomic E-state index is -4.08. The molecule has 0 aromatic heterocycles. The van der Waals surface area contributed by atoms with Crippen molar-refractivity contribution < 1.29 is 62.3 Å². The molecule has 10 atom stereocenters. The van der Waals surface area contributed by atoms with Crippen LogP contribution in [0.15, 0.2) is 0 Å². The van der Waals surface area contributed by atoms with Crippen molar-refractivity contribution in [3.05, 3.63) is 0 Å². The molecule has 7 saturated heterocycles. The molecule has 7 unspecified atom stereocenters. The molecule has 7 aliphatic heterocycles. The second-order valence-electron chi connectivity index (χ2n) is 11.1. The van der Waals surface area contributed by atoms with Crippen LogP contribution in [0, 0.1) is 0 Å². The monoisotopic (exact) mass is 712 g/mol. The van der Waals surface area contributed by atoms with Crippen LogP contribution in [0.1, 0.15) is 0 Å². The molecule has 0 saturated carbocycles. The molecule has 0 aliphatic carbocycles. The summed E-state index contributed by atoms with van der Waals surface area (Å²) in [5.41, 5.74) is 0. The van der Waals surface area contributed by atoms with E-state index in [1.54, 1.807) is 13.1 Å². The van der Waals surface area contributed by atoms with Gasteiger partial charge in [-0.3, -0.25) is 0 Å². The van der Waals surface area contributed by atoms with E-state index in [1.807, 2.05) is 45.8 Å². The van der Waals surface area contributed by atoms with Crippen LogP contribution in [0.25, 0.3) is 0 Å². The van der Waals surface area contributed by atoms with E-state index in [9.17, 15) is 0 Å². The molecule has 15 nitrogen and oxygen atoms in total. The van der Waals surface area contributed by atoms with Crippen LogP contribution in [0.2, 0.25) is 58.9 Å². The highest BCUT2D eigenvalue weighted by Crippen LogP contribution is 2.59. The standard InChI is InChI=1S/C11H32O15Si11/c1-27(2)14-33-11-13-36(15-28(3)4)22-32(9)17-30(7)10-12-31(8,19-34(10,20-32)23-33)21-37(24-33,16-29(5)6)26-35(11,18-30)25-36/h10-11,27-29H,1-9H3/t10?,11?,30?,31?,32-,33+,34-,35?,36?,37?/m1/s1. The van der Waals surface area contributed by atoms with Gasteiger partial charge in [0.1, 0.15) is 0 Å². The molecule has 37 heavy (non-hydrogen) atoms. The molecule has 0 aromatic carbocycles. The van der Waals surface area contributed by atoms with Gasteiger partial charge in [0.25, 0.3) is 0 Å². The molecule has 7 fully saturated rings. The third kappa shape index (κ3) is 3.94. The summed E-state index contributed by atoms with van der Waals surface area (Å²) in [6.45, 7) is 17.5. The number of rotatable bonds is 6. The first-order chi connectivity index (χ1) is 17.0. The van der Waals surface area contributed by atoms with E-state index in [0.29, 0.717) is 0 Å². The van der Waals surface area contributed by atoms with Crippen LogP contribution < -0.4 is 0 Å². The van der Waals surface area contributed by atoms with Crippen molar-refractivity contribution in [2.75, 3.05) is 0 Å². The van der Waals surface area contributed by atoms with Gasteiger partial charge in [-0.05, 0) is 45.8 Å². The summed E-state index contributed by atoms with van der Waals surface area (Å²) in [6, 6.07) is 0. The van der Waals surface area contributed by atoms with Crippen molar-refractivity contribution in [1.82, 2.24) is 0 Å². The fraction of sp³-hybridized carbons (Fsp3) is 1.00. The summed E-state index contributed by atoms with van der Waals surface area (Å²) in [5.74, 6) is 0. The number of hydrogen-bond donors (Lipinski definition) is 0. The predicted molar refractivity (Wildman–Crippen MR) is 144 cm³/mol. The van der Waals surface area contributed by atoms with Crippen LogP contribution in [0.4, 0.5) is 0 Å². The lowest BCUT2D eigenvalue weighted by molar-refractivity contribution is 0.00460. The van der Waals surface area contributed by atoms with Gasteiger partial charge in [0, 0.05) is 13.1 Å². The third-order valence-electron chi connectivity index (χ3n) is 6.29. The van der Waals surface area contributed by atoms with Crippen LogP contribution >= 0.6 is 0 Å². The van der Waals surface area contributed by atoms with Crippen LogP contribution in [0.5, 0.6) is 0 Å². The lowest BCUT2D eigenvalue weighted by Gasteiger charge is -2.59. The van der Waals surface area contributed by atoms with Gasteiger partial charge in [-0.1, -0.05) is 0 Å². The highest BCUT2D eigenvalue weighted by Gasteiger charge is 2.97. The molecule has 210 valence electrons.